The lowest BCUT2D eigenvalue weighted by atomic mass is 10.1. The van der Waals surface area contributed by atoms with E-state index >= 15 is 0 Å². The average molecular weight is 223 g/mol. The fourth-order valence-corrected chi connectivity index (χ4v) is 2.68. The Kier molecular flexibility index (Phi) is 4.24. The zero-order chi connectivity index (χ0) is 11.4. The van der Waals surface area contributed by atoms with E-state index in [9.17, 15) is 0 Å². The smallest absolute Gasteiger partial charge is 0.0317 e. The molecule has 0 unspecified atom stereocenters. The molecule has 3 nitrogen and oxygen atoms in total. The Morgan fingerprint density at radius 3 is 2.00 bits per heavy atom. The number of hydrogen-bond donors (Lipinski definition) is 0. The van der Waals surface area contributed by atoms with E-state index in [4.69, 9.17) is 0 Å². The van der Waals surface area contributed by atoms with E-state index in [1.165, 1.54) is 51.1 Å². The number of piperidine rings is 1. The molecule has 3 heteroatoms. The van der Waals surface area contributed by atoms with Crippen LogP contribution < -0.4 is 0 Å². The predicted molar refractivity (Wildman–Crippen MR) is 68.0 cm³/mol. The van der Waals surface area contributed by atoms with E-state index in [0.29, 0.717) is 0 Å². The number of nitrogens with zero attached hydrogens (tertiary/aromatic N) is 3. The SMILES string of the molecule is C=C(CC)N1CCN(N2CCCCC2)CC1. The van der Waals surface area contributed by atoms with Crippen LogP contribution >= 0.6 is 0 Å². The van der Waals surface area contributed by atoms with Gasteiger partial charge < -0.3 is 4.90 Å². The summed E-state index contributed by atoms with van der Waals surface area (Å²) < 4.78 is 0. The molecular formula is C13H25N3. The van der Waals surface area contributed by atoms with Crippen molar-refractivity contribution in [1.82, 2.24) is 14.9 Å². The largest absolute Gasteiger partial charge is 0.373 e. The van der Waals surface area contributed by atoms with E-state index in [1.54, 1.807) is 0 Å². The monoisotopic (exact) mass is 223 g/mol. The molecule has 2 aliphatic rings. The van der Waals surface area contributed by atoms with Crippen molar-refractivity contribution in [3.05, 3.63) is 12.3 Å². The highest BCUT2D eigenvalue weighted by molar-refractivity contribution is 4.94. The Morgan fingerprint density at radius 1 is 0.875 bits per heavy atom. The summed E-state index contributed by atoms with van der Waals surface area (Å²) in [6.45, 7) is 13.5. The van der Waals surface area contributed by atoms with E-state index in [-0.39, 0.29) is 0 Å². The molecule has 0 atom stereocenters. The summed E-state index contributed by atoms with van der Waals surface area (Å²) >= 11 is 0. The molecule has 0 aromatic rings. The van der Waals surface area contributed by atoms with E-state index in [2.05, 4.69) is 28.4 Å². The molecule has 0 spiro atoms. The lowest BCUT2D eigenvalue weighted by molar-refractivity contribution is -0.0636. The lowest BCUT2D eigenvalue weighted by Crippen LogP contribution is -2.54. The molecule has 0 radical (unpaired) electrons. The van der Waals surface area contributed by atoms with Crippen molar-refractivity contribution in [3.63, 3.8) is 0 Å². The van der Waals surface area contributed by atoms with Gasteiger partial charge in [-0.25, -0.2) is 10.0 Å². The standard InChI is InChI=1S/C13H25N3/c1-3-13(2)14-9-11-16(12-10-14)15-7-5-4-6-8-15/h2-12H2,1H3. The van der Waals surface area contributed by atoms with Crippen molar-refractivity contribution in [2.24, 2.45) is 0 Å². The first-order valence-electron chi connectivity index (χ1n) is 6.74. The summed E-state index contributed by atoms with van der Waals surface area (Å²) in [5, 5.41) is 5.12. The van der Waals surface area contributed by atoms with E-state index in [0.717, 1.165) is 19.5 Å². The molecule has 2 rings (SSSR count). The van der Waals surface area contributed by atoms with Crippen molar-refractivity contribution in [2.45, 2.75) is 32.6 Å². The van der Waals surface area contributed by atoms with Gasteiger partial charge in [-0.05, 0) is 19.3 Å². The third kappa shape index (κ3) is 2.77. The average Bonchev–Trinajstić information content (AvgIpc) is 2.39. The fraction of sp³-hybridized carbons (Fsp3) is 0.846. The maximum atomic E-state index is 4.13. The number of hydrazine groups is 1. The fourth-order valence-electron chi connectivity index (χ4n) is 2.68. The molecule has 16 heavy (non-hydrogen) atoms. The van der Waals surface area contributed by atoms with Crippen LogP contribution in [0.25, 0.3) is 0 Å². The maximum absolute atomic E-state index is 4.13. The summed E-state index contributed by atoms with van der Waals surface area (Å²) in [6.07, 6.45) is 5.26. The second kappa shape index (κ2) is 5.69. The lowest BCUT2D eigenvalue weighted by Gasteiger charge is -2.43. The normalized spacial score (nSPS) is 24.7. The van der Waals surface area contributed by atoms with Gasteiger partial charge in [0.2, 0.25) is 0 Å². The van der Waals surface area contributed by atoms with Gasteiger partial charge in [0.05, 0.1) is 0 Å². The maximum Gasteiger partial charge on any atom is 0.0317 e. The van der Waals surface area contributed by atoms with Crippen LogP contribution in [0.3, 0.4) is 0 Å². The van der Waals surface area contributed by atoms with Gasteiger partial charge in [0.15, 0.2) is 0 Å². The highest BCUT2D eigenvalue weighted by Crippen LogP contribution is 2.16. The summed E-state index contributed by atoms with van der Waals surface area (Å²) in [5.41, 5.74) is 1.30. The van der Waals surface area contributed by atoms with Crippen LogP contribution in [0.5, 0.6) is 0 Å². The Hall–Kier alpha value is -0.540. The Labute approximate surface area is 99.7 Å². The molecule has 0 N–H and O–H groups in total. The third-order valence-electron chi connectivity index (χ3n) is 3.84. The van der Waals surface area contributed by atoms with E-state index in [1.807, 2.05) is 0 Å². The number of piperazine rings is 1. The predicted octanol–water partition coefficient (Wildman–Crippen LogP) is 1.93. The first-order valence-corrected chi connectivity index (χ1v) is 6.74. The third-order valence-corrected chi connectivity index (χ3v) is 3.84. The molecule has 2 heterocycles. The van der Waals surface area contributed by atoms with Gasteiger partial charge in [0.25, 0.3) is 0 Å². The number of hydrogen-bond acceptors (Lipinski definition) is 3. The topological polar surface area (TPSA) is 9.72 Å². The van der Waals surface area contributed by atoms with Gasteiger partial charge in [-0.15, -0.1) is 0 Å². The van der Waals surface area contributed by atoms with Crippen LogP contribution in [0.15, 0.2) is 12.3 Å². The Morgan fingerprint density at radius 2 is 1.44 bits per heavy atom. The van der Waals surface area contributed by atoms with Gasteiger partial charge in [-0.1, -0.05) is 19.9 Å². The Balaban J connectivity index is 1.78. The van der Waals surface area contributed by atoms with Crippen LogP contribution in [0.4, 0.5) is 0 Å². The van der Waals surface area contributed by atoms with Crippen LogP contribution in [0.2, 0.25) is 0 Å². The first kappa shape index (κ1) is 11.9. The molecule has 2 aliphatic heterocycles. The first-order chi connectivity index (χ1) is 7.81. The number of rotatable bonds is 3. The molecule has 0 aromatic carbocycles. The number of allylic oxidation sites excluding steroid dienone is 1. The van der Waals surface area contributed by atoms with Crippen molar-refractivity contribution in [3.8, 4) is 0 Å². The summed E-state index contributed by atoms with van der Waals surface area (Å²) in [7, 11) is 0. The molecular weight excluding hydrogens is 198 g/mol. The highest BCUT2D eigenvalue weighted by Gasteiger charge is 2.23. The van der Waals surface area contributed by atoms with Crippen LogP contribution in [-0.4, -0.2) is 54.2 Å². The molecule has 0 amide bonds. The summed E-state index contributed by atoms with van der Waals surface area (Å²) in [4.78, 5) is 2.44. The second-order valence-electron chi connectivity index (χ2n) is 4.87. The molecule has 0 aromatic heterocycles. The summed E-state index contributed by atoms with van der Waals surface area (Å²) in [6, 6.07) is 0. The molecule has 2 saturated heterocycles. The van der Waals surface area contributed by atoms with Crippen molar-refractivity contribution in [2.75, 3.05) is 39.3 Å². The minimum atomic E-state index is 1.09. The van der Waals surface area contributed by atoms with Crippen LogP contribution in [0.1, 0.15) is 32.6 Å². The molecule has 92 valence electrons. The van der Waals surface area contributed by atoms with Crippen molar-refractivity contribution < 1.29 is 0 Å². The van der Waals surface area contributed by atoms with Gasteiger partial charge in [0.1, 0.15) is 0 Å². The van der Waals surface area contributed by atoms with Crippen molar-refractivity contribution in [1.29, 1.82) is 0 Å². The Bertz CT molecular complexity index is 225. The molecule has 0 bridgehead atoms. The zero-order valence-corrected chi connectivity index (χ0v) is 10.6. The quantitative estimate of drug-likeness (QED) is 0.724. The summed E-state index contributed by atoms with van der Waals surface area (Å²) in [5.74, 6) is 0. The van der Waals surface area contributed by atoms with Crippen LogP contribution in [0, 0.1) is 0 Å². The van der Waals surface area contributed by atoms with Crippen LogP contribution in [-0.2, 0) is 0 Å². The van der Waals surface area contributed by atoms with Crippen molar-refractivity contribution >= 4 is 0 Å². The van der Waals surface area contributed by atoms with Gasteiger partial charge in [-0.3, -0.25) is 0 Å². The molecule has 2 fully saturated rings. The zero-order valence-electron chi connectivity index (χ0n) is 10.6. The van der Waals surface area contributed by atoms with Gasteiger partial charge in [0, 0.05) is 45.0 Å². The van der Waals surface area contributed by atoms with Gasteiger partial charge in [-0.2, -0.15) is 0 Å². The molecule has 0 saturated carbocycles. The molecule has 0 aliphatic carbocycles. The van der Waals surface area contributed by atoms with Gasteiger partial charge >= 0.3 is 0 Å². The second-order valence-corrected chi connectivity index (χ2v) is 4.87. The minimum absolute atomic E-state index is 1.09. The minimum Gasteiger partial charge on any atom is -0.373 e. The van der Waals surface area contributed by atoms with E-state index < -0.39 is 0 Å². The highest BCUT2D eigenvalue weighted by atomic mass is 15.6.